The molecule has 0 fully saturated rings. The number of nitrogens with zero attached hydrogens (tertiary/aromatic N) is 3. The van der Waals surface area contributed by atoms with E-state index in [4.69, 9.17) is 4.52 Å². The number of halogens is 1. The Hall–Kier alpha value is -1.16. The first kappa shape index (κ1) is 22.9. The maximum absolute atomic E-state index is 5.44. The third kappa shape index (κ3) is 6.86. The number of thiazole rings is 1. The van der Waals surface area contributed by atoms with E-state index >= 15 is 0 Å². The van der Waals surface area contributed by atoms with E-state index in [0.29, 0.717) is 19.0 Å². The zero-order chi connectivity index (χ0) is 18.1. The Morgan fingerprint density at radius 2 is 2.00 bits per heavy atom. The lowest BCUT2D eigenvalue weighted by Gasteiger charge is -2.09. The van der Waals surface area contributed by atoms with Crippen LogP contribution in [0, 0.1) is 0 Å². The van der Waals surface area contributed by atoms with Gasteiger partial charge in [-0.05, 0) is 26.2 Å². The van der Waals surface area contributed by atoms with Crippen LogP contribution in [0.1, 0.15) is 67.8 Å². The van der Waals surface area contributed by atoms with E-state index in [9.17, 15) is 0 Å². The van der Waals surface area contributed by atoms with Crippen molar-refractivity contribution >= 4 is 41.3 Å². The van der Waals surface area contributed by atoms with E-state index in [2.05, 4.69) is 53.5 Å². The van der Waals surface area contributed by atoms with E-state index < -0.39 is 0 Å². The highest BCUT2D eigenvalue weighted by atomic mass is 127. The topological polar surface area (TPSA) is 75.3 Å². The van der Waals surface area contributed by atoms with Gasteiger partial charge in [-0.25, -0.2) is 9.98 Å². The van der Waals surface area contributed by atoms with Crippen molar-refractivity contribution in [3.8, 4) is 0 Å². The Labute approximate surface area is 177 Å². The first-order valence-corrected chi connectivity index (χ1v) is 9.92. The number of nitrogens with one attached hydrogen (secondary N) is 2. The van der Waals surface area contributed by atoms with E-state index in [1.54, 1.807) is 11.3 Å². The van der Waals surface area contributed by atoms with Gasteiger partial charge in [-0.1, -0.05) is 25.9 Å². The van der Waals surface area contributed by atoms with Crippen molar-refractivity contribution in [1.82, 2.24) is 20.8 Å². The van der Waals surface area contributed by atoms with Gasteiger partial charge in [0.2, 0.25) is 0 Å². The molecule has 2 aromatic rings. The van der Waals surface area contributed by atoms with Crippen molar-refractivity contribution in [2.45, 2.75) is 66.0 Å². The summed E-state index contributed by atoms with van der Waals surface area (Å²) < 4.78 is 5.44. The zero-order valence-electron chi connectivity index (χ0n) is 16.0. The van der Waals surface area contributed by atoms with E-state index in [1.807, 2.05) is 12.3 Å². The molecule has 2 heterocycles. The second kappa shape index (κ2) is 12.3. The number of hydrogen-bond donors (Lipinski definition) is 2. The van der Waals surface area contributed by atoms with Crippen LogP contribution in [0.25, 0.3) is 0 Å². The van der Waals surface area contributed by atoms with Gasteiger partial charge in [-0.3, -0.25) is 0 Å². The molecule has 0 radical (unpaired) electrons. The number of aliphatic imine (C=N–C) groups is 1. The van der Waals surface area contributed by atoms with E-state index in [0.717, 1.165) is 48.2 Å². The number of hydrogen-bond acceptors (Lipinski definition) is 5. The Kier molecular flexibility index (Phi) is 10.8. The zero-order valence-corrected chi connectivity index (χ0v) is 19.2. The predicted octanol–water partition coefficient (Wildman–Crippen LogP) is 4.47. The van der Waals surface area contributed by atoms with Crippen LogP contribution in [0.5, 0.6) is 0 Å². The van der Waals surface area contributed by atoms with Crippen molar-refractivity contribution in [3.05, 3.63) is 33.6 Å². The summed E-state index contributed by atoms with van der Waals surface area (Å²) in [6.45, 7) is 10.5. The summed E-state index contributed by atoms with van der Waals surface area (Å²) >= 11 is 1.73. The van der Waals surface area contributed by atoms with Crippen molar-refractivity contribution in [2.75, 3.05) is 6.54 Å². The van der Waals surface area contributed by atoms with Gasteiger partial charge in [0, 0.05) is 29.6 Å². The molecule has 0 aliphatic heterocycles. The first-order chi connectivity index (χ1) is 12.2. The number of guanidine groups is 1. The molecule has 146 valence electrons. The van der Waals surface area contributed by atoms with Gasteiger partial charge in [0.15, 0.2) is 11.7 Å². The van der Waals surface area contributed by atoms with Crippen LogP contribution in [0.15, 0.2) is 21.8 Å². The van der Waals surface area contributed by atoms with Gasteiger partial charge in [-0.2, -0.15) is 0 Å². The van der Waals surface area contributed by atoms with Gasteiger partial charge in [0.25, 0.3) is 0 Å². The summed E-state index contributed by atoms with van der Waals surface area (Å²) in [5.74, 6) is 2.02. The fraction of sp³-hybridized carbons (Fsp3) is 0.611. The fourth-order valence-electron chi connectivity index (χ4n) is 2.55. The highest BCUT2D eigenvalue weighted by Crippen LogP contribution is 2.22. The molecule has 0 atom stereocenters. The first-order valence-electron chi connectivity index (χ1n) is 9.11. The standard InChI is InChI=1S/C18H29N5OS.HI/c1-5-13(6-2)16-9-14(24-23-16)10-21-18(19-8-4)22-12-17-20-11-15(7-3)25-17;/h9,11,13H,5-8,10,12H2,1-4H3,(H2,19,21,22);1H. The molecule has 0 amide bonds. The third-order valence-electron chi connectivity index (χ3n) is 4.08. The predicted molar refractivity (Wildman–Crippen MR) is 118 cm³/mol. The van der Waals surface area contributed by atoms with Crippen molar-refractivity contribution in [1.29, 1.82) is 0 Å². The Morgan fingerprint density at radius 3 is 2.62 bits per heavy atom. The molecule has 0 saturated heterocycles. The molecule has 0 aliphatic rings. The van der Waals surface area contributed by atoms with Gasteiger partial charge < -0.3 is 15.2 Å². The average molecular weight is 491 g/mol. The van der Waals surface area contributed by atoms with Crippen molar-refractivity contribution in [3.63, 3.8) is 0 Å². The molecule has 2 N–H and O–H groups in total. The van der Waals surface area contributed by atoms with E-state index in [1.165, 1.54) is 4.88 Å². The summed E-state index contributed by atoms with van der Waals surface area (Å²) in [6.07, 6.45) is 5.11. The monoisotopic (exact) mass is 491 g/mol. The van der Waals surface area contributed by atoms with Crippen LogP contribution >= 0.6 is 35.3 Å². The SMILES string of the molecule is CCNC(=NCc1cc(C(CC)CC)no1)NCc1ncc(CC)s1.I. The summed E-state index contributed by atoms with van der Waals surface area (Å²) in [5, 5.41) is 11.8. The molecule has 0 aliphatic carbocycles. The van der Waals surface area contributed by atoms with Crippen LogP contribution in [-0.2, 0) is 19.5 Å². The lowest BCUT2D eigenvalue weighted by Crippen LogP contribution is -2.36. The molecule has 2 aromatic heterocycles. The lowest BCUT2D eigenvalue weighted by atomic mass is 9.99. The third-order valence-corrected chi connectivity index (χ3v) is 5.22. The second-order valence-corrected chi connectivity index (χ2v) is 7.05. The largest absolute Gasteiger partial charge is 0.359 e. The van der Waals surface area contributed by atoms with Crippen LogP contribution in [0.4, 0.5) is 0 Å². The van der Waals surface area contributed by atoms with Crippen LogP contribution in [0.3, 0.4) is 0 Å². The van der Waals surface area contributed by atoms with Gasteiger partial charge >= 0.3 is 0 Å². The highest BCUT2D eigenvalue weighted by Gasteiger charge is 2.12. The number of aryl methyl sites for hydroxylation is 1. The molecule has 2 rings (SSSR count). The van der Waals surface area contributed by atoms with Crippen LogP contribution in [-0.4, -0.2) is 22.6 Å². The molecule has 0 aromatic carbocycles. The molecular weight excluding hydrogens is 461 g/mol. The van der Waals surface area contributed by atoms with Gasteiger partial charge in [0.1, 0.15) is 11.6 Å². The maximum Gasteiger partial charge on any atom is 0.192 e. The summed E-state index contributed by atoms with van der Waals surface area (Å²) in [7, 11) is 0. The quantitative estimate of drug-likeness (QED) is 0.308. The van der Waals surface area contributed by atoms with Crippen molar-refractivity contribution < 1.29 is 4.52 Å². The molecule has 0 spiro atoms. The van der Waals surface area contributed by atoms with Crippen LogP contribution < -0.4 is 10.6 Å². The fourth-order valence-corrected chi connectivity index (χ4v) is 3.36. The minimum Gasteiger partial charge on any atom is -0.359 e. The van der Waals surface area contributed by atoms with E-state index in [-0.39, 0.29) is 24.0 Å². The summed E-state index contributed by atoms with van der Waals surface area (Å²) in [4.78, 5) is 10.3. The van der Waals surface area contributed by atoms with Crippen LogP contribution in [0.2, 0.25) is 0 Å². The van der Waals surface area contributed by atoms with Gasteiger partial charge in [-0.15, -0.1) is 35.3 Å². The smallest absolute Gasteiger partial charge is 0.192 e. The Morgan fingerprint density at radius 1 is 1.23 bits per heavy atom. The van der Waals surface area contributed by atoms with Crippen molar-refractivity contribution in [2.24, 2.45) is 4.99 Å². The average Bonchev–Trinajstić information content (AvgIpc) is 3.28. The molecular formula is C18H30IN5OS. The second-order valence-electron chi connectivity index (χ2n) is 5.85. The molecule has 6 nitrogen and oxygen atoms in total. The molecule has 0 unspecified atom stereocenters. The van der Waals surface area contributed by atoms with Gasteiger partial charge in [0.05, 0.1) is 12.2 Å². The summed E-state index contributed by atoms with van der Waals surface area (Å²) in [6, 6.07) is 2.03. The minimum atomic E-state index is 0. The normalized spacial score (nSPS) is 11.5. The highest BCUT2D eigenvalue weighted by molar-refractivity contribution is 14.0. The lowest BCUT2D eigenvalue weighted by molar-refractivity contribution is 0.372. The molecule has 26 heavy (non-hydrogen) atoms. The Bertz CT molecular complexity index is 666. The summed E-state index contributed by atoms with van der Waals surface area (Å²) in [5.41, 5.74) is 1.03. The molecule has 0 bridgehead atoms. The molecule has 8 heteroatoms. The molecule has 0 saturated carbocycles. The number of aromatic nitrogens is 2. The maximum atomic E-state index is 5.44. The number of rotatable bonds is 9. The Balaban J connectivity index is 0.00000338. The minimum absolute atomic E-state index is 0.